The summed E-state index contributed by atoms with van der Waals surface area (Å²) in [6, 6.07) is 5.60. The van der Waals surface area contributed by atoms with Crippen molar-refractivity contribution in [2.45, 2.75) is 19.3 Å². The first-order chi connectivity index (χ1) is 8.65. The third kappa shape index (κ3) is 3.29. The van der Waals surface area contributed by atoms with Crippen molar-refractivity contribution in [3.05, 3.63) is 35.6 Å². The van der Waals surface area contributed by atoms with Crippen molar-refractivity contribution in [3.8, 4) is 0 Å². The van der Waals surface area contributed by atoms with Gasteiger partial charge in [0.1, 0.15) is 5.82 Å². The Morgan fingerprint density at radius 1 is 1.39 bits per heavy atom. The van der Waals surface area contributed by atoms with Crippen LogP contribution in [0.2, 0.25) is 0 Å². The molecule has 98 valence electrons. The van der Waals surface area contributed by atoms with Gasteiger partial charge in [0.05, 0.1) is 0 Å². The van der Waals surface area contributed by atoms with E-state index in [1.165, 1.54) is 24.3 Å². The molecule has 0 aromatic heterocycles. The Morgan fingerprint density at radius 2 is 2.06 bits per heavy atom. The van der Waals surface area contributed by atoms with E-state index in [4.69, 9.17) is 4.74 Å². The van der Waals surface area contributed by atoms with E-state index in [1.54, 1.807) is 7.11 Å². The van der Waals surface area contributed by atoms with Gasteiger partial charge in [-0.05, 0) is 48.9 Å². The van der Waals surface area contributed by atoms with Crippen molar-refractivity contribution in [2.75, 3.05) is 20.3 Å². The number of amides is 1. The minimum atomic E-state index is -0.328. The highest BCUT2D eigenvalue weighted by Crippen LogP contribution is 2.48. The maximum atomic E-state index is 12.7. The molecule has 1 aromatic carbocycles. The summed E-state index contributed by atoms with van der Waals surface area (Å²) in [5.74, 6) is -0.469. The molecule has 0 bridgehead atoms. The zero-order valence-electron chi connectivity index (χ0n) is 10.5. The Balaban J connectivity index is 1.83. The van der Waals surface area contributed by atoms with Gasteiger partial charge in [-0.1, -0.05) is 0 Å². The zero-order chi connectivity index (χ0) is 13.0. The topological polar surface area (TPSA) is 38.3 Å². The smallest absolute Gasteiger partial charge is 0.251 e. The Bertz CT molecular complexity index is 412. The first kappa shape index (κ1) is 13.0. The summed E-state index contributed by atoms with van der Waals surface area (Å²) in [5.41, 5.74) is 0.727. The van der Waals surface area contributed by atoms with Crippen molar-refractivity contribution in [1.29, 1.82) is 0 Å². The van der Waals surface area contributed by atoms with Crippen molar-refractivity contribution in [2.24, 2.45) is 5.41 Å². The number of nitrogens with one attached hydrogen (secondary N) is 1. The summed E-state index contributed by atoms with van der Waals surface area (Å²) in [6.07, 6.45) is 3.26. The van der Waals surface area contributed by atoms with Gasteiger partial charge >= 0.3 is 0 Å². The first-order valence-corrected chi connectivity index (χ1v) is 6.18. The second kappa shape index (κ2) is 5.48. The Hall–Kier alpha value is -1.42. The lowest BCUT2D eigenvalue weighted by Crippen LogP contribution is -2.30. The molecule has 1 amide bonds. The molecule has 1 fully saturated rings. The molecule has 18 heavy (non-hydrogen) atoms. The van der Waals surface area contributed by atoms with Crippen LogP contribution in [0.1, 0.15) is 29.6 Å². The molecule has 4 heteroatoms. The zero-order valence-corrected chi connectivity index (χ0v) is 10.5. The second-order valence-electron chi connectivity index (χ2n) is 4.93. The minimum Gasteiger partial charge on any atom is -0.385 e. The van der Waals surface area contributed by atoms with Gasteiger partial charge in [-0.25, -0.2) is 4.39 Å². The van der Waals surface area contributed by atoms with E-state index in [9.17, 15) is 9.18 Å². The molecule has 1 saturated carbocycles. The SMILES string of the molecule is COCCC1(CNC(=O)c2ccc(F)cc2)CC1. The number of hydrogen-bond donors (Lipinski definition) is 1. The van der Waals surface area contributed by atoms with Crippen LogP contribution in [-0.4, -0.2) is 26.2 Å². The van der Waals surface area contributed by atoms with E-state index in [-0.39, 0.29) is 17.1 Å². The molecular weight excluding hydrogens is 233 g/mol. The fraction of sp³-hybridized carbons (Fsp3) is 0.500. The van der Waals surface area contributed by atoms with Crippen LogP contribution in [0.25, 0.3) is 0 Å². The van der Waals surface area contributed by atoms with Crippen molar-refractivity contribution < 1.29 is 13.9 Å². The third-order valence-corrected chi connectivity index (χ3v) is 3.52. The quantitative estimate of drug-likeness (QED) is 0.843. The summed E-state index contributed by atoms with van der Waals surface area (Å²) in [6.45, 7) is 1.40. The van der Waals surface area contributed by atoms with Crippen molar-refractivity contribution >= 4 is 5.91 Å². The largest absolute Gasteiger partial charge is 0.385 e. The monoisotopic (exact) mass is 251 g/mol. The van der Waals surface area contributed by atoms with E-state index >= 15 is 0 Å². The highest BCUT2D eigenvalue weighted by atomic mass is 19.1. The average molecular weight is 251 g/mol. The number of rotatable bonds is 6. The molecule has 1 aliphatic rings. The van der Waals surface area contributed by atoms with Crippen LogP contribution in [-0.2, 0) is 4.74 Å². The summed E-state index contributed by atoms with van der Waals surface area (Å²) < 4.78 is 17.8. The molecule has 0 radical (unpaired) electrons. The molecule has 0 unspecified atom stereocenters. The van der Waals surface area contributed by atoms with E-state index in [0.717, 1.165) is 25.9 Å². The van der Waals surface area contributed by atoms with Gasteiger partial charge < -0.3 is 10.1 Å². The molecule has 0 aliphatic heterocycles. The maximum absolute atomic E-state index is 12.7. The van der Waals surface area contributed by atoms with Crippen molar-refractivity contribution in [3.63, 3.8) is 0 Å². The number of hydrogen-bond acceptors (Lipinski definition) is 2. The standard InChI is InChI=1S/C14H18FNO2/c1-18-9-8-14(6-7-14)10-16-13(17)11-2-4-12(15)5-3-11/h2-5H,6-10H2,1H3,(H,16,17). The van der Waals surface area contributed by atoms with Gasteiger partial charge in [-0.15, -0.1) is 0 Å². The molecule has 1 aliphatic carbocycles. The molecule has 1 N–H and O–H groups in total. The van der Waals surface area contributed by atoms with Crippen LogP contribution in [0.3, 0.4) is 0 Å². The molecule has 0 atom stereocenters. The van der Waals surface area contributed by atoms with Crippen molar-refractivity contribution in [1.82, 2.24) is 5.32 Å². The van der Waals surface area contributed by atoms with Gasteiger partial charge in [0.15, 0.2) is 0 Å². The third-order valence-electron chi connectivity index (χ3n) is 3.52. The fourth-order valence-corrected chi connectivity index (χ4v) is 1.98. The van der Waals surface area contributed by atoms with E-state index in [0.29, 0.717) is 12.1 Å². The molecule has 1 aromatic rings. The van der Waals surface area contributed by atoms with Gasteiger partial charge in [-0.3, -0.25) is 4.79 Å². The van der Waals surface area contributed by atoms with Crippen LogP contribution in [0.15, 0.2) is 24.3 Å². The van der Waals surface area contributed by atoms with Gasteiger partial charge in [0.2, 0.25) is 0 Å². The second-order valence-corrected chi connectivity index (χ2v) is 4.93. The number of carbonyl (C=O) groups is 1. The Labute approximate surface area is 106 Å². The van der Waals surface area contributed by atoms with E-state index in [2.05, 4.69) is 5.32 Å². The predicted molar refractivity (Wildman–Crippen MR) is 66.9 cm³/mol. The number of methoxy groups -OCH3 is 1. The lowest BCUT2D eigenvalue weighted by atomic mass is 10.0. The summed E-state index contributed by atoms with van der Waals surface area (Å²) in [5, 5.41) is 2.91. The fourth-order valence-electron chi connectivity index (χ4n) is 1.98. The molecule has 0 heterocycles. The van der Waals surface area contributed by atoms with E-state index in [1.807, 2.05) is 0 Å². The first-order valence-electron chi connectivity index (χ1n) is 6.18. The predicted octanol–water partition coefficient (Wildman–Crippen LogP) is 2.37. The highest BCUT2D eigenvalue weighted by Gasteiger charge is 2.42. The molecule has 0 saturated heterocycles. The van der Waals surface area contributed by atoms with E-state index < -0.39 is 0 Å². The molecule has 2 rings (SSSR count). The Kier molecular flexibility index (Phi) is 3.97. The Morgan fingerprint density at radius 3 is 2.61 bits per heavy atom. The number of ether oxygens (including phenoxy) is 1. The number of carbonyl (C=O) groups excluding carboxylic acids is 1. The summed E-state index contributed by atoms with van der Waals surface area (Å²) in [7, 11) is 1.69. The van der Waals surface area contributed by atoms with Crippen LogP contribution in [0, 0.1) is 11.2 Å². The molecular formula is C14H18FNO2. The lowest BCUT2D eigenvalue weighted by Gasteiger charge is -2.15. The minimum absolute atomic E-state index is 0.140. The lowest BCUT2D eigenvalue weighted by molar-refractivity contribution is 0.0938. The normalized spacial score (nSPS) is 16.3. The average Bonchev–Trinajstić information content (AvgIpc) is 3.15. The maximum Gasteiger partial charge on any atom is 0.251 e. The van der Waals surface area contributed by atoms with Crippen LogP contribution in [0.4, 0.5) is 4.39 Å². The van der Waals surface area contributed by atoms with Gasteiger partial charge in [0, 0.05) is 25.8 Å². The number of halogens is 1. The van der Waals surface area contributed by atoms with Crippen LogP contribution < -0.4 is 5.32 Å². The summed E-state index contributed by atoms with van der Waals surface area (Å²) in [4.78, 5) is 11.8. The van der Waals surface area contributed by atoms with Crippen LogP contribution >= 0.6 is 0 Å². The van der Waals surface area contributed by atoms with Gasteiger partial charge in [0.25, 0.3) is 5.91 Å². The highest BCUT2D eigenvalue weighted by molar-refractivity contribution is 5.94. The molecule has 0 spiro atoms. The van der Waals surface area contributed by atoms with Crippen LogP contribution in [0.5, 0.6) is 0 Å². The number of benzene rings is 1. The molecule has 3 nitrogen and oxygen atoms in total. The van der Waals surface area contributed by atoms with Gasteiger partial charge in [-0.2, -0.15) is 0 Å². The summed E-state index contributed by atoms with van der Waals surface area (Å²) >= 11 is 0.